The van der Waals surface area contributed by atoms with Crippen LogP contribution in [0.1, 0.15) is 20.3 Å². The molecule has 0 aliphatic carbocycles. The fraction of sp³-hybridized carbons (Fsp3) is 1.00. The SMILES string of the molecule is CCCNCCN(CC)CC(F)(F)F. The van der Waals surface area contributed by atoms with E-state index in [4.69, 9.17) is 0 Å². The largest absolute Gasteiger partial charge is 0.401 e. The molecule has 14 heavy (non-hydrogen) atoms. The summed E-state index contributed by atoms with van der Waals surface area (Å²) in [5.41, 5.74) is 0. The molecular formula is C9H19F3N2. The van der Waals surface area contributed by atoms with Gasteiger partial charge in [-0.25, -0.2) is 0 Å². The molecule has 1 N–H and O–H groups in total. The highest BCUT2D eigenvalue weighted by atomic mass is 19.4. The van der Waals surface area contributed by atoms with Crippen molar-refractivity contribution in [2.24, 2.45) is 0 Å². The van der Waals surface area contributed by atoms with Gasteiger partial charge in [-0.15, -0.1) is 0 Å². The molecule has 0 aromatic rings. The molecule has 0 heterocycles. The molecule has 0 amide bonds. The Balaban J connectivity index is 3.58. The van der Waals surface area contributed by atoms with Gasteiger partial charge in [-0.1, -0.05) is 13.8 Å². The second-order valence-electron chi connectivity index (χ2n) is 3.23. The Kier molecular flexibility index (Phi) is 6.92. The number of halogens is 3. The van der Waals surface area contributed by atoms with E-state index in [1.807, 2.05) is 6.92 Å². The summed E-state index contributed by atoms with van der Waals surface area (Å²) >= 11 is 0. The number of likely N-dealkylation sites (N-methyl/N-ethyl adjacent to an activating group) is 1. The second-order valence-corrected chi connectivity index (χ2v) is 3.23. The molecule has 0 aliphatic heterocycles. The van der Waals surface area contributed by atoms with Crippen molar-refractivity contribution in [3.8, 4) is 0 Å². The van der Waals surface area contributed by atoms with Crippen LogP contribution in [0.2, 0.25) is 0 Å². The van der Waals surface area contributed by atoms with Gasteiger partial charge in [0.1, 0.15) is 0 Å². The highest BCUT2D eigenvalue weighted by Gasteiger charge is 2.29. The highest BCUT2D eigenvalue weighted by molar-refractivity contribution is 4.62. The first-order chi connectivity index (χ1) is 6.49. The Bertz CT molecular complexity index is 137. The lowest BCUT2D eigenvalue weighted by molar-refractivity contribution is -0.145. The standard InChI is InChI=1S/C9H19F3N2/c1-3-5-13-6-7-14(4-2)8-9(10,11)12/h13H,3-8H2,1-2H3. The zero-order valence-corrected chi connectivity index (χ0v) is 8.82. The van der Waals surface area contributed by atoms with E-state index >= 15 is 0 Å². The fourth-order valence-corrected chi connectivity index (χ4v) is 1.14. The van der Waals surface area contributed by atoms with Gasteiger partial charge >= 0.3 is 6.18 Å². The number of hydrogen-bond donors (Lipinski definition) is 1. The van der Waals surface area contributed by atoms with Crippen LogP contribution in [0, 0.1) is 0 Å². The minimum absolute atomic E-state index is 0.438. The normalized spacial score (nSPS) is 12.4. The summed E-state index contributed by atoms with van der Waals surface area (Å²) in [4.78, 5) is 1.39. The summed E-state index contributed by atoms with van der Waals surface area (Å²) in [5, 5.41) is 3.08. The van der Waals surface area contributed by atoms with Crippen molar-refractivity contribution in [2.75, 3.05) is 32.7 Å². The van der Waals surface area contributed by atoms with Crippen LogP contribution in [0.25, 0.3) is 0 Å². The zero-order chi connectivity index (χ0) is 11.0. The fourth-order valence-electron chi connectivity index (χ4n) is 1.14. The smallest absolute Gasteiger partial charge is 0.315 e. The number of hydrogen-bond acceptors (Lipinski definition) is 2. The van der Waals surface area contributed by atoms with Gasteiger partial charge in [-0.05, 0) is 19.5 Å². The Hall–Kier alpha value is -0.290. The maximum atomic E-state index is 12.0. The average Bonchev–Trinajstić information content (AvgIpc) is 2.08. The molecule has 2 nitrogen and oxygen atoms in total. The molecule has 0 aliphatic rings. The van der Waals surface area contributed by atoms with E-state index in [0.717, 1.165) is 13.0 Å². The quantitative estimate of drug-likeness (QED) is 0.648. The van der Waals surface area contributed by atoms with E-state index in [1.54, 1.807) is 6.92 Å². The van der Waals surface area contributed by atoms with Crippen molar-refractivity contribution in [1.82, 2.24) is 10.2 Å². The molecule has 0 atom stereocenters. The van der Waals surface area contributed by atoms with Crippen LogP contribution in [0.5, 0.6) is 0 Å². The van der Waals surface area contributed by atoms with Crippen LogP contribution in [0.15, 0.2) is 0 Å². The summed E-state index contributed by atoms with van der Waals surface area (Å²) in [5.74, 6) is 0. The molecule has 0 saturated carbocycles. The van der Waals surface area contributed by atoms with Gasteiger partial charge in [0.2, 0.25) is 0 Å². The van der Waals surface area contributed by atoms with Gasteiger partial charge in [-0.3, -0.25) is 4.90 Å². The third-order valence-electron chi connectivity index (χ3n) is 1.88. The lowest BCUT2D eigenvalue weighted by Crippen LogP contribution is -2.38. The molecule has 0 spiro atoms. The molecule has 0 aromatic heterocycles. The molecule has 0 saturated heterocycles. The minimum Gasteiger partial charge on any atom is -0.315 e. The van der Waals surface area contributed by atoms with E-state index in [0.29, 0.717) is 19.6 Å². The lowest BCUT2D eigenvalue weighted by atomic mass is 10.4. The first kappa shape index (κ1) is 13.7. The number of nitrogens with one attached hydrogen (secondary N) is 1. The van der Waals surface area contributed by atoms with E-state index in [9.17, 15) is 13.2 Å². The van der Waals surface area contributed by atoms with Gasteiger partial charge < -0.3 is 5.32 Å². The van der Waals surface area contributed by atoms with Crippen LogP contribution < -0.4 is 5.32 Å². The topological polar surface area (TPSA) is 15.3 Å². The number of nitrogens with zero attached hydrogens (tertiary/aromatic N) is 1. The van der Waals surface area contributed by atoms with E-state index < -0.39 is 12.7 Å². The molecule has 0 rings (SSSR count). The van der Waals surface area contributed by atoms with Crippen molar-refractivity contribution in [3.05, 3.63) is 0 Å². The van der Waals surface area contributed by atoms with Crippen molar-refractivity contribution >= 4 is 0 Å². The maximum Gasteiger partial charge on any atom is 0.401 e. The van der Waals surface area contributed by atoms with Crippen LogP contribution >= 0.6 is 0 Å². The Labute approximate surface area is 83.5 Å². The van der Waals surface area contributed by atoms with Crippen LogP contribution in [-0.4, -0.2) is 43.8 Å². The zero-order valence-electron chi connectivity index (χ0n) is 8.82. The maximum absolute atomic E-state index is 12.0. The molecule has 0 radical (unpaired) electrons. The van der Waals surface area contributed by atoms with E-state index in [-0.39, 0.29) is 0 Å². The summed E-state index contributed by atoms with van der Waals surface area (Å²) in [6.07, 6.45) is -3.08. The Morgan fingerprint density at radius 2 is 1.79 bits per heavy atom. The molecule has 0 aromatic carbocycles. The molecule has 0 unspecified atom stereocenters. The van der Waals surface area contributed by atoms with Gasteiger partial charge in [-0.2, -0.15) is 13.2 Å². The van der Waals surface area contributed by atoms with Crippen molar-refractivity contribution < 1.29 is 13.2 Å². The monoisotopic (exact) mass is 212 g/mol. The van der Waals surface area contributed by atoms with Crippen molar-refractivity contribution in [1.29, 1.82) is 0 Å². The number of alkyl halides is 3. The summed E-state index contributed by atoms with van der Waals surface area (Å²) in [6.45, 7) is 5.34. The molecular weight excluding hydrogens is 193 g/mol. The van der Waals surface area contributed by atoms with Gasteiger partial charge in [0.15, 0.2) is 0 Å². The summed E-state index contributed by atoms with van der Waals surface area (Å²) in [7, 11) is 0. The molecule has 0 fully saturated rings. The first-order valence-corrected chi connectivity index (χ1v) is 4.99. The van der Waals surface area contributed by atoms with Crippen molar-refractivity contribution in [2.45, 2.75) is 26.4 Å². The highest BCUT2D eigenvalue weighted by Crippen LogP contribution is 2.15. The minimum atomic E-state index is -4.08. The van der Waals surface area contributed by atoms with Crippen LogP contribution in [-0.2, 0) is 0 Å². The predicted molar refractivity (Wildman–Crippen MR) is 51.3 cm³/mol. The molecule has 86 valence electrons. The van der Waals surface area contributed by atoms with Gasteiger partial charge in [0.05, 0.1) is 6.54 Å². The number of rotatable bonds is 7. The first-order valence-electron chi connectivity index (χ1n) is 4.99. The van der Waals surface area contributed by atoms with Crippen molar-refractivity contribution in [3.63, 3.8) is 0 Å². The second kappa shape index (κ2) is 7.06. The molecule has 5 heteroatoms. The summed E-state index contributed by atoms with van der Waals surface area (Å²) < 4.78 is 36.0. The lowest BCUT2D eigenvalue weighted by Gasteiger charge is -2.21. The third-order valence-corrected chi connectivity index (χ3v) is 1.88. The van der Waals surface area contributed by atoms with Gasteiger partial charge in [0.25, 0.3) is 0 Å². The van der Waals surface area contributed by atoms with Crippen LogP contribution in [0.3, 0.4) is 0 Å². The predicted octanol–water partition coefficient (Wildman–Crippen LogP) is 1.87. The molecule has 0 bridgehead atoms. The third kappa shape index (κ3) is 8.31. The van der Waals surface area contributed by atoms with Gasteiger partial charge in [0, 0.05) is 13.1 Å². The van der Waals surface area contributed by atoms with E-state index in [1.165, 1.54) is 4.90 Å². The Morgan fingerprint density at radius 1 is 1.14 bits per heavy atom. The summed E-state index contributed by atoms with van der Waals surface area (Å²) in [6, 6.07) is 0. The average molecular weight is 212 g/mol. The van der Waals surface area contributed by atoms with E-state index in [2.05, 4.69) is 5.32 Å². The van der Waals surface area contributed by atoms with Crippen LogP contribution in [0.4, 0.5) is 13.2 Å². The Morgan fingerprint density at radius 3 is 2.21 bits per heavy atom.